The Morgan fingerprint density at radius 2 is 1.55 bits per heavy atom. The van der Waals surface area contributed by atoms with Crippen LogP contribution in [0.3, 0.4) is 0 Å². The third-order valence-electron chi connectivity index (χ3n) is 7.19. The molecule has 0 aliphatic carbocycles. The van der Waals surface area contributed by atoms with E-state index >= 15 is 0 Å². The van der Waals surface area contributed by atoms with Gasteiger partial charge < -0.3 is 10.5 Å². The van der Waals surface area contributed by atoms with Crippen LogP contribution in [0, 0.1) is 0 Å². The van der Waals surface area contributed by atoms with Crippen molar-refractivity contribution in [2.45, 2.75) is 30.3 Å². The number of fused-ring (bicyclic) bond motifs is 1. The highest BCUT2D eigenvalue weighted by Gasteiger charge is 2.31. The third kappa shape index (κ3) is 5.42. The van der Waals surface area contributed by atoms with Crippen molar-refractivity contribution in [2.24, 2.45) is 5.73 Å². The van der Waals surface area contributed by atoms with Crippen molar-refractivity contribution in [1.82, 2.24) is 19.2 Å². The van der Waals surface area contributed by atoms with Crippen LogP contribution in [-0.4, -0.2) is 60.9 Å². The van der Waals surface area contributed by atoms with Gasteiger partial charge >= 0.3 is 0 Å². The van der Waals surface area contributed by atoms with Crippen molar-refractivity contribution in [2.75, 3.05) is 33.3 Å². The number of nitrogens with two attached hydrogens (primary N) is 1. The molecule has 2 unspecified atom stereocenters. The lowest BCUT2D eigenvalue weighted by Crippen LogP contribution is -2.49. The molecule has 4 aromatic rings. The van der Waals surface area contributed by atoms with Crippen LogP contribution < -0.4 is 10.5 Å². The Labute approximate surface area is 224 Å². The van der Waals surface area contributed by atoms with Gasteiger partial charge in [0.1, 0.15) is 11.6 Å². The van der Waals surface area contributed by atoms with E-state index in [0.29, 0.717) is 44.2 Å². The minimum Gasteiger partial charge on any atom is -0.497 e. The van der Waals surface area contributed by atoms with Crippen molar-refractivity contribution < 1.29 is 13.2 Å². The number of hydrogen-bond acceptors (Lipinski definition) is 7. The second-order valence-corrected chi connectivity index (χ2v) is 11.5. The summed E-state index contributed by atoms with van der Waals surface area (Å²) < 4.78 is 33.1. The fourth-order valence-electron chi connectivity index (χ4n) is 4.95. The fourth-order valence-corrected chi connectivity index (χ4v) is 6.37. The summed E-state index contributed by atoms with van der Waals surface area (Å²) in [6.07, 6.45) is 0.678. The maximum absolute atomic E-state index is 13.2. The lowest BCUT2D eigenvalue weighted by Gasteiger charge is -2.37. The molecule has 0 amide bonds. The Morgan fingerprint density at radius 3 is 2.24 bits per heavy atom. The molecule has 0 spiro atoms. The summed E-state index contributed by atoms with van der Waals surface area (Å²) in [7, 11) is -2.02. The number of nitrogens with zero attached hydrogens (tertiary/aromatic N) is 4. The van der Waals surface area contributed by atoms with E-state index in [2.05, 4.69) is 24.0 Å². The topological polar surface area (TPSA) is 102 Å². The number of piperazine rings is 1. The number of rotatable bonds is 8. The number of aromatic nitrogens is 2. The van der Waals surface area contributed by atoms with Crippen molar-refractivity contribution >= 4 is 20.9 Å². The number of benzene rings is 3. The molecular formula is C29H33N5O3S. The summed E-state index contributed by atoms with van der Waals surface area (Å²) in [5, 5.41) is 0.960. The second-order valence-electron chi connectivity index (χ2n) is 9.57. The molecule has 1 fully saturated rings. The van der Waals surface area contributed by atoms with E-state index in [-0.39, 0.29) is 17.0 Å². The zero-order chi connectivity index (χ0) is 26.7. The molecule has 38 heavy (non-hydrogen) atoms. The van der Waals surface area contributed by atoms with Crippen LogP contribution in [0.1, 0.15) is 36.1 Å². The number of methoxy groups -OCH3 is 1. The van der Waals surface area contributed by atoms with Gasteiger partial charge in [-0.05, 0) is 49.2 Å². The largest absolute Gasteiger partial charge is 0.497 e. The molecule has 198 valence electrons. The van der Waals surface area contributed by atoms with Crippen molar-refractivity contribution in [3.63, 3.8) is 0 Å². The molecule has 1 saturated heterocycles. The number of sulfonamides is 1. The molecule has 2 heterocycles. The fraction of sp³-hybridized carbons (Fsp3) is 0.310. The quantitative estimate of drug-likeness (QED) is 0.367. The van der Waals surface area contributed by atoms with Gasteiger partial charge in [-0.2, -0.15) is 4.31 Å². The van der Waals surface area contributed by atoms with Gasteiger partial charge in [0.15, 0.2) is 0 Å². The van der Waals surface area contributed by atoms with Crippen molar-refractivity contribution in [3.8, 4) is 5.75 Å². The molecule has 1 aromatic heterocycles. The van der Waals surface area contributed by atoms with Gasteiger partial charge in [-0.3, -0.25) is 4.90 Å². The van der Waals surface area contributed by atoms with Gasteiger partial charge in [0.25, 0.3) is 0 Å². The van der Waals surface area contributed by atoms with Gasteiger partial charge in [0.2, 0.25) is 10.0 Å². The van der Waals surface area contributed by atoms with Crippen LogP contribution in [0.4, 0.5) is 0 Å². The van der Waals surface area contributed by atoms with E-state index < -0.39 is 10.0 Å². The van der Waals surface area contributed by atoms with Gasteiger partial charge in [-0.15, -0.1) is 0 Å². The molecule has 2 N–H and O–H groups in total. The maximum atomic E-state index is 13.2. The number of ether oxygens (including phenoxy) is 1. The molecule has 1 aliphatic rings. The number of para-hydroxylation sites is 1. The first-order chi connectivity index (χ1) is 18.4. The summed E-state index contributed by atoms with van der Waals surface area (Å²) in [6, 6.07) is 24.3. The average Bonchev–Trinajstić information content (AvgIpc) is 2.96. The van der Waals surface area contributed by atoms with Gasteiger partial charge in [-0.25, -0.2) is 18.4 Å². The average molecular weight is 532 g/mol. The van der Waals surface area contributed by atoms with Crippen LogP contribution >= 0.6 is 0 Å². The van der Waals surface area contributed by atoms with Crippen molar-refractivity contribution in [1.29, 1.82) is 0 Å². The first-order valence-electron chi connectivity index (χ1n) is 12.8. The first kappa shape index (κ1) is 26.2. The molecule has 0 radical (unpaired) electrons. The highest BCUT2D eigenvalue weighted by atomic mass is 32.2. The molecule has 5 rings (SSSR count). The van der Waals surface area contributed by atoms with Gasteiger partial charge in [-0.1, -0.05) is 48.5 Å². The van der Waals surface area contributed by atoms with Crippen LogP contribution in [0.5, 0.6) is 5.75 Å². The highest BCUT2D eigenvalue weighted by Crippen LogP contribution is 2.28. The monoisotopic (exact) mass is 531 g/mol. The van der Waals surface area contributed by atoms with E-state index in [1.165, 1.54) is 0 Å². The van der Waals surface area contributed by atoms with Crippen molar-refractivity contribution in [3.05, 3.63) is 95.9 Å². The molecular weight excluding hydrogens is 498 g/mol. The molecule has 3 aromatic carbocycles. The highest BCUT2D eigenvalue weighted by molar-refractivity contribution is 7.89. The Morgan fingerprint density at radius 1 is 0.895 bits per heavy atom. The van der Waals surface area contributed by atoms with Gasteiger partial charge in [0.05, 0.1) is 35.3 Å². The summed E-state index contributed by atoms with van der Waals surface area (Å²) in [5.74, 6) is 1.33. The number of hydrogen-bond donors (Lipinski definition) is 1. The minimum absolute atomic E-state index is 0.0897. The smallest absolute Gasteiger partial charge is 0.243 e. The summed E-state index contributed by atoms with van der Waals surface area (Å²) >= 11 is 0. The van der Waals surface area contributed by atoms with Gasteiger partial charge in [0, 0.05) is 31.6 Å². The minimum atomic E-state index is -3.57. The molecule has 2 atom stereocenters. The van der Waals surface area contributed by atoms with Crippen LogP contribution in [0.15, 0.2) is 83.8 Å². The van der Waals surface area contributed by atoms with E-state index in [4.69, 9.17) is 20.4 Å². The summed E-state index contributed by atoms with van der Waals surface area (Å²) in [4.78, 5) is 12.4. The zero-order valence-corrected chi connectivity index (χ0v) is 22.5. The van der Waals surface area contributed by atoms with E-state index in [1.54, 1.807) is 35.7 Å². The van der Waals surface area contributed by atoms with Crippen LogP contribution in [0.2, 0.25) is 0 Å². The Hall–Kier alpha value is -3.37. The molecule has 8 nitrogen and oxygen atoms in total. The standard InChI is InChI=1S/C29H33N5O3S/c1-21(33-16-18-34(19-17-33)38(35,36)24-14-12-23(37-2)13-15-24)29-31-27-11-7-6-10-25(27)28(32-29)26(30)20-22-8-4-3-5-9-22/h3-15,21,26H,16-20,30H2,1-2H3. The third-order valence-corrected chi connectivity index (χ3v) is 9.10. The van der Waals surface area contributed by atoms with E-state index in [0.717, 1.165) is 22.2 Å². The molecule has 0 saturated carbocycles. The Kier molecular flexibility index (Phi) is 7.71. The summed E-state index contributed by atoms with van der Waals surface area (Å²) in [5.41, 5.74) is 9.55. The van der Waals surface area contributed by atoms with E-state index in [1.807, 2.05) is 42.5 Å². The predicted octanol–water partition coefficient (Wildman–Crippen LogP) is 3.95. The summed E-state index contributed by atoms with van der Waals surface area (Å²) in [6.45, 7) is 4.03. The normalized spacial score (nSPS) is 16.8. The SMILES string of the molecule is COc1ccc(S(=O)(=O)N2CCN(C(C)c3nc(C(N)Cc4ccccc4)c4ccccc4n3)CC2)cc1. The first-order valence-corrected chi connectivity index (χ1v) is 14.2. The molecule has 9 heteroatoms. The second kappa shape index (κ2) is 11.2. The maximum Gasteiger partial charge on any atom is 0.243 e. The predicted molar refractivity (Wildman–Crippen MR) is 148 cm³/mol. The van der Waals surface area contributed by atoms with Crippen LogP contribution in [-0.2, 0) is 16.4 Å². The Balaban J connectivity index is 1.34. The van der Waals surface area contributed by atoms with E-state index in [9.17, 15) is 8.42 Å². The molecule has 0 bridgehead atoms. The lowest BCUT2D eigenvalue weighted by molar-refractivity contribution is 0.141. The molecule has 1 aliphatic heterocycles. The van der Waals surface area contributed by atoms with Crippen LogP contribution in [0.25, 0.3) is 10.9 Å². The Bertz CT molecular complexity index is 1490. The lowest BCUT2D eigenvalue weighted by atomic mass is 10.0. The zero-order valence-electron chi connectivity index (χ0n) is 21.7.